The number of aryl methyl sites for hydroxylation is 3. The van der Waals surface area contributed by atoms with E-state index in [0.29, 0.717) is 29.4 Å². The second kappa shape index (κ2) is 13.1. The predicted molar refractivity (Wildman–Crippen MR) is 169 cm³/mol. The van der Waals surface area contributed by atoms with E-state index in [1.54, 1.807) is 36.4 Å². The molecule has 4 aromatic rings. The Kier molecular flexibility index (Phi) is 9.01. The fourth-order valence-corrected chi connectivity index (χ4v) is 4.89. The summed E-state index contributed by atoms with van der Waals surface area (Å²) in [6.45, 7) is 6.72. The van der Waals surface area contributed by atoms with Crippen LogP contribution in [0.25, 0.3) is 6.08 Å². The first-order chi connectivity index (χ1) is 21.1. The number of amides is 4. The van der Waals surface area contributed by atoms with E-state index in [1.807, 2.05) is 63.2 Å². The molecule has 1 aliphatic heterocycles. The third-order valence-electron chi connectivity index (χ3n) is 7.24. The van der Waals surface area contributed by atoms with E-state index in [0.717, 1.165) is 27.2 Å². The molecule has 1 saturated heterocycles. The maximum absolute atomic E-state index is 13.4. The lowest BCUT2D eigenvalue weighted by Crippen LogP contribution is -2.54. The summed E-state index contributed by atoms with van der Waals surface area (Å²) in [5, 5.41) is 2.47. The largest absolute Gasteiger partial charge is 0.493 e. The van der Waals surface area contributed by atoms with Gasteiger partial charge in [-0.1, -0.05) is 59.6 Å². The summed E-state index contributed by atoms with van der Waals surface area (Å²) in [7, 11) is 1.47. The van der Waals surface area contributed by atoms with Crippen LogP contribution in [0.5, 0.6) is 17.2 Å². The fourth-order valence-electron chi connectivity index (χ4n) is 4.61. The van der Waals surface area contributed by atoms with E-state index in [-0.39, 0.29) is 22.9 Å². The first-order valence-electron chi connectivity index (χ1n) is 13.9. The first-order valence-corrected chi connectivity index (χ1v) is 14.3. The van der Waals surface area contributed by atoms with Crippen molar-refractivity contribution in [3.63, 3.8) is 0 Å². The lowest BCUT2D eigenvalue weighted by Gasteiger charge is -2.26. The summed E-state index contributed by atoms with van der Waals surface area (Å²) in [6.07, 6.45) is 1.36. The van der Waals surface area contributed by atoms with Gasteiger partial charge in [0.25, 0.3) is 11.8 Å². The molecule has 0 aromatic heterocycles. The van der Waals surface area contributed by atoms with Gasteiger partial charge in [-0.25, -0.2) is 9.69 Å². The summed E-state index contributed by atoms with van der Waals surface area (Å²) < 4.78 is 17.3. The number of hydrogen-bond acceptors (Lipinski definition) is 6. The van der Waals surface area contributed by atoms with Crippen molar-refractivity contribution < 1.29 is 28.6 Å². The van der Waals surface area contributed by atoms with Crippen LogP contribution in [0.4, 0.5) is 10.5 Å². The highest BCUT2D eigenvalue weighted by atomic mass is 35.5. The smallest absolute Gasteiger partial charge is 0.335 e. The molecular weight excluding hydrogens is 580 g/mol. The highest BCUT2D eigenvalue weighted by molar-refractivity contribution is 6.39. The van der Waals surface area contributed by atoms with Crippen molar-refractivity contribution in [3.05, 3.63) is 123 Å². The van der Waals surface area contributed by atoms with Crippen LogP contribution in [0.1, 0.15) is 33.4 Å². The molecule has 44 heavy (non-hydrogen) atoms. The minimum Gasteiger partial charge on any atom is -0.493 e. The first kappa shape index (κ1) is 30.4. The highest BCUT2D eigenvalue weighted by Gasteiger charge is 2.37. The number of halogens is 1. The number of carbonyl (C=O) groups excluding carboxylic acids is 3. The molecule has 4 amide bonds. The van der Waals surface area contributed by atoms with Crippen LogP contribution in [-0.2, 0) is 22.8 Å². The summed E-state index contributed by atoms with van der Waals surface area (Å²) in [4.78, 5) is 39.8. The Morgan fingerprint density at radius 1 is 0.795 bits per heavy atom. The van der Waals surface area contributed by atoms with Gasteiger partial charge in [0, 0.05) is 0 Å². The highest BCUT2D eigenvalue weighted by Crippen LogP contribution is 2.38. The van der Waals surface area contributed by atoms with Gasteiger partial charge in [0.2, 0.25) is 0 Å². The Morgan fingerprint density at radius 2 is 1.48 bits per heavy atom. The number of nitrogens with zero attached hydrogens (tertiary/aromatic N) is 1. The molecule has 0 unspecified atom stereocenters. The van der Waals surface area contributed by atoms with Crippen LogP contribution >= 0.6 is 11.6 Å². The molecule has 9 heteroatoms. The number of hydrogen-bond donors (Lipinski definition) is 1. The Bertz CT molecular complexity index is 1760. The van der Waals surface area contributed by atoms with E-state index < -0.39 is 17.8 Å². The molecule has 224 valence electrons. The molecule has 0 aliphatic carbocycles. The number of carbonyl (C=O) groups is 3. The lowest BCUT2D eigenvalue weighted by molar-refractivity contribution is -0.122. The Morgan fingerprint density at radius 3 is 2.16 bits per heavy atom. The number of ether oxygens (including phenoxy) is 3. The molecule has 0 radical (unpaired) electrons. The molecule has 1 N–H and O–H groups in total. The maximum Gasteiger partial charge on any atom is 0.335 e. The maximum atomic E-state index is 13.4. The van der Waals surface area contributed by atoms with Crippen molar-refractivity contribution in [1.82, 2.24) is 5.32 Å². The van der Waals surface area contributed by atoms with Gasteiger partial charge in [0.1, 0.15) is 24.5 Å². The molecular formula is C35H31ClN2O6. The Balaban J connectivity index is 1.33. The van der Waals surface area contributed by atoms with Gasteiger partial charge in [0.05, 0.1) is 17.8 Å². The summed E-state index contributed by atoms with van der Waals surface area (Å²) in [5.41, 5.74) is 5.92. The normalized spacial score (nSPS) is 14.1. The number of nitrogens with one attached hydrogen (secondary N) is 1. The molecule has 1 aliphatic rings. The monoisotopic (exact) mass is 610 g/mol. The van der Waals surface area contributed by atoms with E-state index >= 15 is 0 Å². The fraction of sp³-hybridized carbons (Fsp3) is 0.171. The molecule has 1 fully saturated rings. The second-order valence-electron chi connectivity index (χ2n) is 10.5. The zero-order valence-corrected chi connectivity index (χ0v) is 25.5. The number of imide groups is 2. The average Bonchev–Trinajstić information content (AvgIpc) is 3.00. The number of benzene rings is 4. The topological polar surface area (TPSA) is 94.2 Å². The minimum atomic E-state index is -0.851. The molecule has 0 atom stereocenters. The van der Waals surface area contributed by atoms with Crippen LogP contribution in [0.3, 0.4) is 0 Å². The molecule has 1 heterocycles. The number of methoxy groups -OCH3 is 1. The number of urea groups is 1. The molecule has 4 aromatic carbocycles. The Hall–Kier alpha value is -5.08. The third kappa shape index (κ3) is 6.76. The van der Waals surface area contributed by atoms with Crippen molar-refractivity contribution in [2.75, 3.05) is 12.0 Å². The molecule has 0 spiro atoms. The van der Waals surface area contributed by atoms with Gasteiger partial charge in [-0.2, -0.15) is 0 Å². The van der Waals surface area contributed by atoms with E-state index in [1.165, 1.54) is 18.7 Å². The van der Waals surface area contributed by atoms with Gasteiger partial charge in [-0.3, -0.25) is 14.9 Å². The van der Waals surface area contributed by atoms with Crippen molar-refractivity contribution in [3.8, 4) is 17.2 Å². The van der Waals surface area contributed by atoms with Crippen molar-refractivity contribution in [2.24, 2.45) is 0 Å². The summed E-state index contributed by atoms with van der Waals surface area (Å²) >= 11 is 6.56. The van der Waals surface area contributed by atoms with Crippen molar-refractivity contribution >= 4 is 41.2 Å². The predicted octanol–water partition coefficient (Wildman–Crippen LogP) is 7.10. The minimum absolute atomic E-state index is 0.234. The zero-order valence-electron chi connectivity index (χ0n) is 24.8. The second-order valence-corrected chi connectivity index (χ2v) is 10.9. The van der Waals surface area contributed by atoms with Gasteiger partial charge >= 0.3 is 6.03 Å². The number of barbiturate groups is 1. The number of rotatable bonds is 9. The van der Waals surface area contributed by atoms with Crippen molar-refractivity contribution in [2.45, 2.75) is 34.0 Å². The molecule has 0 saturated carbocycles. The molecule has 0 bridgehead atoms. The molecule has 5 rings (SSSR count). The average molecular weight is 611 g/mol. The SMILES string of the molecule is COc1cc(/C=C2\C(=O)NC(=O)N(c3ccc(OCc4ccc(C)cc4)cc3)C2=O)cc(Cl)c1OCc1ccc(C)c(C)c1. The molecule has 8 nitrogen and oxygen atoms in total. The van der Waals surface area contributed by atoms with Crippen LogP contribution in [0, 0.1) is 20.8 Å². The van der Waals surface area contributed by atoms with E-state index in [4.69, 9.17) is 25.8 Å². The zero-order chi connectivity index (χ0) is 31.4. The summed E-state index contributed by atoms with van der Waals surface area (Å²) in [6, 6.07) is 22.8. The van der Waals surface area contributed by atoms with Gasteiger partial charge in [-0.05, 0) is 91.1 Å². The van der Waals surface area contributed by atoms with Crippen LogP contribution in [-0.4, -0.2) is 25.0 Å². The quantitative estimate of drug-likeness (QED) is 0.160. The van der Waals surface area contributed by atoms with E-state index in [2.05, 4.69) is 5.32 Å². The summed E-state index contributed by atoms with van der Waals surface area (Å²) in [5.74, 6) is -0.384. The van der Waals surface area contributed by atoms with E-state index in [9.17, 15) is 14.4 Å². The Labute approximate surface area is 260 Å². The van der Waals surface area contributed by atoms with Crippen LogP contribution < -0.4 is 24.4 Å². The van der Waals surface area contributed by atoms with Gasteiger partial charge in [0.15, 0.2) is 11.5 Å². The third-order valence-corrected chi connectivity index (χ3v) is 7.52. The van der Waals surface area contributed by atoms with Gasteiger partial charge in [-0.15, -0.1) is 0 Å². The van der Waals surface area contributed by atoms with Crippen LogP contribution in [0.15, 0.2) is 84.4 Å². The number of anilines is 1. The van der Waals surface area contributed by atoms with Crippen LogP contribution in [0.2, 0.25) is 5.02 Å². The van der Waals surface area contributed by atoms with Crippen molar-refractivity contribution in [1.29, 1.82) is 0 Å². The lowest BCUT2D eigenvalue weighted by atomic mass is 10.1. The van der Waals surface area contributed by atoms with Gasteiger partial charge < -0.3 is 14.2 Å². The standard InChI is InChI=1S/C35H31ClN2O6/c1-21-5-8-24(9-6-21)19-43-28-13-11-27(12-14-28)38-34(40)29(33(39)37-35(38)41)16-26-17-30(36)32(31(18-26)42-4)44-20-25-10-7-22(2)23(3)15-25/h5-18H,19-20H2,1-4H3,(H,37,39,41)/b29-16+.